The number of fused-ring (bicyclic) bond motifs is 1. The van der Waals surface area contributed by atoms with E-state index in [2.05, 4.69) is 26.6 Å². The number of anilines is 1. The van der Waals surface area contributed by atoms with Crippen molar-refractivity contribution in [2.24, 2.45) is 5.10 Å². The minimum Gasteiger partial charge on any atom is -0.497 e. The summed E-state index contributed by atoms with van der Waals surface area (Å²) in [6.45, 7) is 0. The Morgan fingerprint density at radius 3 is 3.00 bits per heavy atom. The fourth-order valence-electron chi connectivity index (χ4n) is 3.53. The number of rotatable bonds is 5. The number of aromatic amines is 1. The van der Waals surface area contributed by atoms with Gasteiger partial charge in [-0.15, -0.1) is 0 Å². The smallest absolute Gasteiger partial charge is 0.252 e. The molecule has 0 atom stereocenters. The Labute approximate surface area is 157 Å². The van der Waals surface area contributed by atoms with Crippen LogP contribution in [0.4, 0.5) is 5.88 Å². The molecular weight excluding hydrogens is 342 g/mol. The Hall–Kier alpha value is -3.27. The van der Waals surface area contributed by atoms with Gasteiger partial charge >= 0.3 is 0 Å². The van der Waals surface area contributed by atoms with Gasteiger partial charge in [0, 0.05) is 28.6 Å². The highest BCUT2D eigenvalue weighted by molar-refractivity contribution is 5.99. The van der Waals surface area contributed by atoms with E-state index < -0.39 is 0 Å². The maximum Gasteiger partial charge on any atom is 0.252 e. The molecule has 2 heterocycles. The third-order valence-corrected chi connectivity index (χ3v) is 4.99. The standard InChI is InChI=1S/C20H21N5O2/c1-26-15-7-8-17-16(9-15)14(11-22-17)12-23-25-20-18(10-21)24-19(27-20)13-5-3-2-4-6-13/h7-9,11-13,22,25H,2-6H2,1H3. The fraction of sp³-hybridized carbons (Fsp3) is 0.350. The highest BCUT2D eigenvalue weighted by atomic mass is 16.5. The van der Waals surface area contributed by atoms with Gasteiger partial charge in [-0.1, -0.05) is 19.3 Å². The van der Waals surface area contributed by atoms with Gasteiger partial charge in [-0.3, -0.25) is 0 Å². The Kier molecular flexibility index (Phi) is 4.79. The summed E-state index contributed by atoms with van der Waals surface area (Å²) < 4.78 is 11.1. The summed E-state index contributed by atoms with van der Waals surface area (Å²) in [6, 6.07) is 7.89. The van der Waals surface area contributed by atoms with Crippen molar-refractivity contribution in [1.82, 2.24) is 9.97 Å². The van der Waals surface area contributed by atoms with E-state index in [1.807, 2.05) is 24.4 Å². The normalized spacial score (nSPS) is 15.3. The van der Waals surface area contributed by atoms with Crippen LogP contribution in [0.2, 0.25) is 0 Å². The number of methoxy groups -OCH3 is 1. The highest BCUT2D eigenvalue weighted by Crippen LogP contribution is 2.34. The number of hydrazone groups is 1. The molecule has 3 aromatic rings. The maximum atomic E-state index is 9.33. The lowest BCUT2D eigenvalue weighted by atomic mass is 9.89. The van der Waals surface area contributed by atoms with Gasteiger partial charge in [0.25, 0.3) is 5.88 Å². The number of hydrogen-bond acceptors (Lipinski definition) is 6. The first-order chi connectivity index (χ1) is 13.3. The predicted octanol–water partition coefficient (Wildman–Crippen LogP) is 4.53. The number of oxazole rings is 1. The van der Waals surface area contributed by atoms with Gasteiger partial charge in [-0.25, -0.2) is 10.4 Å². The van der Waals surface area contributed by atoms with Crippen molar-refractivity contribution in [1.29, 1.82) is 5.26 Å². The van der Waals surface area contributed by atoms with Crippen molar-refractivity contribution in [2.45, 2.75) is 38.0 Å². The zero-order valence-electron chi connectivity index (χ0n) is 15.2. The minimum absolute atomic E-state index is 0.244. The van der Waals surface area contributed by atoms with Gasteiger partial charge in [0.1, 0.15) is 11.8 Å². The molecule has 1 aliphatic rings. The molecule has 0 saturated heterocycles. The molecule has 7 nitrogen and oxygen atoms in total. The molecular formula is C20H21N5O2. The monoisotopic (exact) mass is 363 g/mol. The van der Waals surface area contributed by atoms with E-state index in [9.17, 15) is 5.26 Å². The number of nitrogens with one attached hydrogen (secondary N) is 2. The van der Waals surface area contributed by atoms with Crippen LogP contribution in [0.25, 0.3) is 10.9 Å². The van der Waals surface area contributed by atoms with Gasteiger partial charge in [0.15, 0.2) is 0 Å². The zero-order chi connectivity index (χ0) is 18.6. The molecule has 1 fully saturated rings. The predicted molar refractivity (Wildman–Crippen MR) is 103 cm³/mol. The van der Waals surface area contributed by atoms with E-state index in [-0.39, 0.29) is 5.69 Å². The Balaban J connectivity index is 1.53. The van der Waals surface area contributed by atoms with Crippen LogP contribution in [0.1, 0.15) is 55.2 Å². The minimum atomic E-state index is 0.244. The molecule has 1 aromatic carbocycles. The molecule has 1 aliphatic carbocycles. The summed E-state index contributed by atoms with van der Waals surface area (Å²) >= 11 is 0. The van der Waals surface area contributed by atoms with Crippen molar-refractivity contribution in [3.05, 3.63) is 41.5 Å². The van der Waals surface area contributed by atoms with Crippen LogP contribution < -0.4 is 10.2 Å². The lowest BCUT2D eigenvalue weighted by molar-refractivity contribution is 0.367. The summed E-state index contributed by atoms with van der Waals surface area (Å²) in [7, 11) is 1.64. The molecule has 4 rings (SSSR count). The van der Waals surface area contributed by atoms with Crippen LogP contribution in [0.5, 0.6) is 5.75 Å². The highest BCUT2D eigenvalue weighted by Gasteiger charge is 2.23. The fourth-order valence-corrected chi connectivity index (χ4v) is 3.53. The number of benzene rings is 1. The molecule has 0 bridgehead atoms. The van der Waals surface area contributed by atoms with Crippen LogP contribution in [0, 0.1) is 11.3 Å². The Morgan fingerprint density at radius 1 is 1.37 bits per heavy atom. The Morgan fingerprint density at radius 2 is 2.22 bits per heavy atom. The van der Waals surface area contributed by atoms with Crippen molar-refractivity contribution in [2.75, 3.05) is 12.5 Å². The van der Waals surface area contributed by atoms with E-state index in [0.29, 0.717) is 17.7 Å². The summed E-state index contributed by atoms with van der Waals surface area (Å²) in [6.07, 6.45) is 9.29. The lowest BCUT2D eigenvalue weighted by Crippen LogP contribution is -2.04. The summed E-state index contributed by atoms with van der Waals surface area (Å²) in [5, 5.41) is 14.6. The summed E-state index contributed by atoms with van der Waals surface area (Å²) in [4.78, 5) is 7.55. The van der Waals surface area contributed by atoms with Crippen molar-refractivity contribution in [3.63, 3.8) is 0 Å². The number of H-pyrrole nitrogens is 1. The molecule has 0 spiro atoms. The third kappa shape index (κ3) is 3.51. The Bertz CT molecular complexity index is 1010. The molecule has 1 saturated carbocycles. The van der Waals surface area contributed by atoms with Crippen molar-refractivity contribution in [3.8, 4) is 11.8 Å². The second-order valence-corrected chi connectivity index (χ2v) is 6.70. The molecule has 2 aromatic heterocycles. The van der Waals surface area contributed by atoms with Crippen LogP contribution in [0.15, 0.2) is 33.9 Å². The van der Waals surface area contributed by atoms with E-state index in [1.54, 1.807) is 13.3 Å². The largest absolute Gasteiger partial charge is 0.497 e. The van der Waals surface area contributed by atoms with Gasteiger partial charge < -0.3 is 14.1 Å². The summed E-state index contributed by atoms with van der Waals surface area (Å²) in [5.74, 6) is 2.02. The topological polar surface area (TPSA) is 99.2 Å². The van der Waals surface area contributed by atoms with E-state index >= 15 is 0 Å². The molecule has 2 N–H and O–H groups in total. The van der Waals surface area contributed by atoms with Gasteiger partial charge in [-0.05, 0) is 31.0 Å². The van der Waals surface area contributed by atoms with Crippen LogP contribution in [0.3, 0.4) is 0 Å². The van der Waals surface area contributed by atoms with Gasteiger partial charge in [0.2, 0.25) is 11.6 Å². The molecule has 7 heteroatoms. The van der Waals surface area contributed by atoms with E-state index in [0.717, 1.165) is 35.1 Å². The zero-order valence-corrected chi connectivity index (χ0v) is 15.2. The lowest BCUT2D eigenvalue weighted by Gasteiger charge is -2.17. The van der Waals surface area contributed by atoms with Gasteiger partial charge in [0.05, 0.1) is 13.3 Å². The molecule has 138 valence electrons. The van der Waals surface area contributed by atoms with Crippen LogP contribution in [-0.2, 0) is 0 Å². The SMILES string of the molecule is COc1ccc2[nH]cc(C=NNc3oc(C4CCCCC4)nc3C#N)c2c1. The quantitative estimate of drug-likeness (QED) is 0.512. The van der Waals surface area contributed by atoms with Crippen molar-refractivity contribution >= 4 is 23.0 Å². The maximum absolute atomic E-state index is 9.33. The number of nitrogens with zero attached hydrogens (tertiary/aromatic N) is 3. The molecule has 0 unspecified atom stereocenters. The number of nitriles is 1. The second-order valence-electron chi connectivity index (χ2n) is 6.70. The van der Waals surface area contributed by atoms with Crippen LogP contribution >= 0.6 is 0 Å². The first-order valence-corrected chi connectivity index (χ1v) is 9.13. The first kappa shape index (κ1) is 17.2. The number of aromatic nitrogens is 2. The average Bonchev–Trinajstić information content (AvgIpc) is 3.32. The van der Waals surface area contributed by atoms with Crippen molar-refractivity contribution < 1.29 is 9.15 Å². The molecule has 0 aliphatic heterocycles. The first-order valence-electron chi connectivity index (χ1n) is 9.13. The third-order valence-electron chi connectivity index (χ3n) is 4.99. The van der Waals surface area contributed by atoms with Crippen LogP contribution in [-0.4, -0.2) is 23.3 Å². The second kappa shape index (κ2) is 7.54. The molecule has 0 radical (unpaired) electrons. The van der Waals surface area contributed by atoms with E-state index in [1.165, 1.54) is 19.3 Å². The number of ether oxygens (including phenoxy) is 1. The molecule has 0 amide bonds. The van der Waals surface area contributed by atoms with Gasteiger partial charge in [-0.2, -0.15) is 10.4 Å². The number of hydrogen-bond donors (Lipinski definition) is 2. The van der Waals surface area contributed by atoms with E-state index in [4.69, 9.17) is 9.15 Å². The summed E-state index contributed by atoms with van der Waals surface area (Å²) in [5.41, 5.74) is 4.97. The average molecular weight is 363 g/mol. The molecule has 27 heavy (non-hydrogen) atoms.